The molecule has 0 aromatic heterocycles. The zero-order valence-corrected chi connectivity index (χ0v) is 13.1. The van der Waals surface area contributed by atoms with Crippen molar-refractivity contribution in [2.75, 3.05) is 20.1 Å². The third kappa shape index (κ3) is 4.07. The van der Waals surface area contributed by atoms with Gasteiger partial charge in [-0.15, -0.1) is 0 Å². The Kier molecular flexibility index (Phi) is 6.21. The molecule has 0 saturated carbocycles. The second-order valence-electron chi connectivity index (χ2n) is 4.69. The summed E-state index contributed by atoms with van der Waals surface area (Å²) in [7, 11) is -1.90. The fraction of sp³-hybridized carbons (Fsp3) is 0.467. The molecule has 0 atom stereocenters. The minimum atomic E-state index is -3.50. The van der Waals surface area contributed by atoms with Gasteiger partial charge < -0.3 is 5.73 Å². The zero-order valence-electron chi connectivity index (χ0n) is 12.3. The van der Waals surface area contributed by atoms with Crippen LogP contribution in [0.4, 0.5) is 0 Å². The third-order valence-electron chi connectivity index (χ3n) is 2.97. The summed E-state index contributed by atoms with van der Waals surface area (Å²) in [5.74, 6) is 5.57. The van der Waals surface area contributed by atoms with Crippen molar-refractivity contribution in [3.63, 3.8) is 0 Å². The van der Waals surface area contributed by atoms with Crippen molar-refractivity contribution < 1.29 is 8.42 Å². The molecule has 2 N–H and O–H groups in total. The highest BCUT2D eigenvalue weighted by atomic mass is 32.2. The van der Waals surface area contributed by atoms with E-state index in [1.165, 1.54) is 4.31 Å². The smallest absolute Gasteiger partial charge is 0.244 e. The van der Waals surface area contributed by atoms with Gasteiger partial charge in [0.25, 0.3) is 0 Å². The van der Waals surface area contributed by atoms with Crippen LogP contribution in [0.2, 0.25) is 0 Å². The zero-order chi connectivity index (χ0) is 15.2. The van der Waals surface area contributed by atoms with E-state index in [0.29, 0.717) is 12.1 Å². The SMILES string of the molecule is CCCCN(C)S(=O)(=O)c1ccc(C)cc1C#CCN. The number of nitrogens with two attached hydrogens (primary N) is 1. The van der Waals surface area contributed by atoms with E-state index in [0.717, 1.165) is 18.4 Å². The van der Waals surface area contributed by atoms with Crippen LogP contribution in [0, 0.1) is 18.8 Å². The standard InChI is InChI=1S/C15H22N2O2S/c1-4-5-11-17(3)20(18,19)15-9-8-13(2)12-14(15)7-6-10-16/h8-9,12H,4-5,10-11,16H2,1-3H3. The maximum Gasteiger partial charge on any atom is 0.244 e. The average molecular weight is 294 g/mol. The molecule has 0 amide bonds. The van der Waals surface area contributed by atoms with Crippen molar-refractivity contribution in [1.29, 1.82) is 0 Å². The van der Waals surface area contributed by atoms with Crippen molar-refractivity contribution in [2.24, 2.45) is 5.73 Å². The van der Waals surface area contributed by atoms with Gasteiger partial charge in [-0.3, -0.25) is 0 Å². The summed E-state index contributed by atoms with van der Waals surface area (Å²) in [5.41, 5.74) is 6.85. The van der Waals surface area contributed by atoms with E-state index < -0.39 is 10.0 Å². The quantitative estimate of drug-likeness (QED) is 0.841. The van der Waals surface area contributed by atoms with Crippen molar-refractivity contribution >= 4 is 10.0 Å². The van der Waals surface area contributed by atoms with Crippen LogP contribution in [-0.2, 0) is 10.0 Å². The lowest BCUT2D eigenvalue weighted by molar-refractivity contribution is 0.459. The van der Waals surface area contributed by atoms with Crippen LogP contribution in [0.15, 0.2) is 23.1 Å². The second kappa shape index (κ2) is 7.44. The third-order valence-corrected chi connectivity index (χ3v) is 4.89. The molecule has 1 aromatic carbocycles. The van der Waals surface area contributed by atoms with E-state index in [-0.39, 0.29) is 11.4 Å². The largest absolute Gasteiger partial charge is 0.320 e. The van der Waals surface area contributed by atoms with E-state index in [2.05, 4.69) is 11.8 Å². The predicted octanol–water partition coefficient (Wildman–Crippen LogP) is 1.73. The number of rotatable bonds is 5. The molecule has 0 unspecified atom stereocenters. The Balaban J connectivity index is 3.23. The molecule has 0 radical (unpaired) electrons. The van der Waals surface area contributed by atoms with Crippen LogP contribution in [0.25, 0.3) is 0 Å². The second-order valence-corrected chi connectivity index (χ2v) is 6.70. The molecule has 1 rings (SSSR count). The lowest BCUT2D eigenvalue weighted by atomic mass is 10.1. The van der Waals surface area contributed by atoms with E-state index in [1.807, 2.05) is 13.8 Å². The van der Waals surface area contributed by atoms with Crippen LogP contribution in [0.5, 0.6) is 0 Å². The van der Waals surface area contributed by atoms with Crippen LogP contribution in [-0.4, -0.2) is 32.9 Å². The van der Waals surface area contributed by atoms with Gasteiger partial charge in [-0.2, -0.15) is 0 Å². The summed E-state index contributed by atoms with van der Waals surface area (Å²) in [6.07, 6.45) is 1.79. The maximum atomic E-state index is 12.6. The highest BCUT2D eigenvalue weighted by molar-refractivity contribution is 7.89. The molecule has 0 aliphatic carbocycles. The maximum absolute atomic E-state index is 12.6. The van der Waals surface area contributed by atoms with E-state index in [4.69, 9.17) is 5.73 Å². The molecule has 0 saturated heterocycles. The molecule has 5 heteroatoms. The fourth-order valence-corrected chi connectivity index (χ4v) is 3.11. The Morgan fingerprint density at radius 1 is 1.35 bits per heavy atom. The number of hydrogen-bond acceptors (Lipinski definition) is 3. The summed E-state index contributed by atoms with van der Waals surface area (Å²) in [5, 5.41) is 0. The minimum Gasteiger partial charge on any atom is -0.320 e. The summed E-state index contributed by atoms with van der Waals surface area (Å²) < 4.78 is 26.5. The molecule has 0 spiro atoms. The van der Waals surface area contributed by atoms with Gasteiger partial charge >= 0.3 is 0 Å². The van der Waals surface area contributed by atoms with Crippen LogP contribution >= 0.6 is 0 Å². The first-order valence-corrected chi connectivity index (χ1v) is 8.13. The number of benzene rings is 1. The first-order chi connectivity index (χ1) is 9.43. The Morgan fingerprint density at radius 3 is 2.65 bits per heavy atom. The monoisotopic (exact) mass is 294 g/mol. The fourth-order valence-electron chi connectivity index (χ4n) is 1.78. The topological polar surface area (TPSA) is 63.4 Å². The summed E-state index contributed by atoms with van der Waals surface area (Å²) in [4.78, 5) is 0.252. The Labute approximate surface area is 122 Å². The molecule has 0 aliphatic heterocycles. The van der Waals surface area contributed by atoms with Gasteiger partial charge in [0.1, 0.15) is 0 Å². The highest BCUT2D eigenvalue weighted by Crippen LogP contribution is 2.20. The van der Waals surface area contributed by atoms with Gasteiger partial charge in [-0.25, -0.2) is 12.7 Å². The Hall–Kier alpha value is -1.35. The first-order valence-electron chi connectivity index (χ1n) is 6.69. The van der Waals surface area contributed by atoms with Crippen molar-refractivity contribution in [1.82, 2.24) is 4.31 Å². The minimum absolute atomic E-state index is 0.207. The molecule has 0 aliphatic rings. The predicted molar refractivity (Wildman–Crippen MR) is 81.8 cm³/mol. The lowest BCUT2D eigenvalue weighted by Gasteiger charge is -2.18. The van der Waals surface area contributed by atoms with Gasteiger partial charge in [0, 0.05) is 19.2 Å². The molecule has 110 valence electrons. The van der Waals surface area contributed by atoms with Gasteiger partial charge in [0.05, 0.1) is 11.4 Å². The summed E-state index contributed by atoms with van der Waals surface area (Å²) in [6.45, 7) is 4.66. The van der Waals surface area contributed by atoms with Crippen molar-refractivity contribution in [3.8, 4) is 11.8 Å². The highest BCUT2D eigenvalue weighted by Gasteiger charge is 2.22. The molecule has 4 nitrogen and oxygen atoms in total. The Morgan fingerprint density at radius 2 is 2.05 bits per heavy atom. The van der Waals surface area contributed by atoms with Crippen molar-refractivity contribution in [3.05, 3.63) is 29.3 Å². The van der Waals surface area contributed by atoms with Crippen LogP contribution in [0.1, 0.15) is 30.9 Å². The van der Waals surface area contributed by atoms with Gasteiger partial charge in [0.2, 0.25) is 10.0 Å². The molecule has 1 aromatic rings. The van der Waals surface area contributed by atoms with Gasteiger partial charge in [-0.1, -0.05) is 31.3 Å². The van der Waals surface area contributed by atoms with E-state index >= 15 is 0 Å². The molecule has 0 heterocycles. The lowest BCUT2D eigenvalue weighted by Crippen LogP contribution is -2.28. The van der Waals surface area contributed by atoms with E-state index in [9.17, 15) is 8.42 Å². The number of hydrogen-bond donors (Lipinski definition) is 1. The molecule has 20 heavy (non-hydrogen) atoms. The number of unbranched alkanes of at least 4 members (excludes halogenated alkanes) is 1. The normalized spacial score (nSPS) is 11.2. The molecular formula is C15H22N2O2S. The van der Waals surface area contributed by atoms with Gasteiger partial charge in [-0.05, 0) is 31.0 Å². The van der Waals surface area contributed by atoms with Crippen LogP contribution < -0.4 is 5.73 Å². The first kappa shape index (κ1) is 16.7. The Bertz CT molecular complexity index is 612. The molecule has 0 fully saturated rings. The average Bonchev–Trinajstić information content (AvgIpc) is 2.42. The number of sulfonamides is 1. The molecular weight excluding hydrogens is 272 g/mol. The summed E-state index contributed by atoms with van der Waals surface area (Å²) in [6, 6.07) is 5.19. The van der Waals surface area contributed by atoms with E-state index in [1.54, 1.807) is 25.2 Å². The molecule has 0 bridgehead atoms. The summed E-state index contributed by atoms with van der Waals surface area (Å²) >= 11 is 0. The van der Waals surface area contributed by atoms with Gasteiger partial charge in [0.15, 0.2) is 0 Å². The number of aryl methyl sites for hydroxylation is 1. The van der Waals surface area contributed by atoms with Crippen molar-refractivity contribution in [2.45, 2.75) is 31.6 Å². The van der Waals surface area contributed by atoms with Crippen LogP contribution in [0.3, 0.4) is 0 Å². The number of nitrogens with zero attached hydrogens (tertiary/aromatic N) is 1.